The van der Waals surface area contributed by atoms with Crippen molar-refractivity contribution in [1.82, 2.24) is 0 Å². The zero-order valence-electron chi connectivity index (χ0n) is 12.6. The summed E-state index contributed by atoms with van der Waals surface area (Å²) >= 11 is 0. The van der Waals surface area contributed by atoms with Gasteiger partial charge in [-0.25, -0.2) is 4.79 Å². The maximum atomic E-state index is 11.3. The van der Waals surface area contributed by atoms with E-state index in [4.69, 9.17) is 0 Å². The number of benzene rings is 2. The summed E-state index contributed by atoms with van der Waals surface area (Å²) in [5, 5.41) is 20.9. The molecule has 2 aromatic carbocycles. The monoisotopic (exact) mass is 284 g/mol. The van der Waals surface area contributed by atoms with Crippen LogP contribution in [-0.4, -0.2) is 16.2 Å². The van der Waals surface area contributed by atoms with Gasteiger partial charge in [-0.2, -0.15) is 0 Å². The number of allylic oxidation sites excluding steroid dienone is 1. The van der Waals surface area contributed by atoms with E-state index in [0.717, 1.165) is 33.9 Å². The molecule has 21 heavy (non-hydrogen) atoms. The largest absolute Gasteiger partial charge is 0.508 e. The van der Waals surface area contributed by atoms with Gasteiger partial charge in [0.25, 0.3) is 0 Å². The van der Waals surface area contributed by atoms with Crippen LogP contribution < -0.4 is 0 Å². The molecule has 0 atom stereocenters. The van der Waals surface area contributed by atoms with Gasteiger partial charge < -0.3 is 10.2 Å². The van der Waals surface area contributed by atoms with Gasteiger partial charge in [0.1, 0.15) is 5.75 Å². The molecule has 0 spiro atoms. The number of carbonyl (C=O) groups is 1. The van der Waals surface area contributed by atoms with E-state index in [1.165, 1.54) is 0 Å². The molecular weight excluding hydrogens is 264 g/mol. The number of rotatable bonds is 4. The highest BCUT2D eigenvalue weighted by Gasteiger charge is 2.14. The third-order valence-electron chi connectivity index (χ3n) is 3.92. The molecule has 0 aliphatic rings. The van der Waals surface area contributed by atoms with Crippen LogP contribution in [0.4, 0.5) is 0 Å². The van der Waals surface area contributed by atoms with Crippen molar-refractivity contribution in [1.29, 1.82) is 0 Å². The lowest BCUT2D eigenvalue weighted by Gasteiger charge is -2.15. The van der Waals surface area contributed by atoms with Crippen LogP contribution >= 0.6 is 0 Å². The Labute approximate surface area is 124 Å². The number of aliphatic carboxylic acids is 1. The molecule has 0 heterocycles. The second kappa shape index (κ2) is 6.00. The zero-order chi connectivity index (χ0) is 15.6. The number of fused-ring (bicyclic) bond motifs is 1. The molecule has 3 heteroatoms. The fourth-order valence-corrected chi connectivity index (χ4v) is 2.83. The summed E-state index contributed by atoms with van der Waals surface area (Å²) in [5.41, 5.74) is 3.39. The summed E-state index contributed by atoms with van der Waals surface area (Å²) < 4.78 is 0. The van der Waals surface area contributed by atoms with Crippen LogP contribution in [0.2, 0.25) is 0 Å². The standard InChI is InChI=1S/C18H20O3/c1-4-14(11(3)18(20)21)17-8-6-12-10-13(19)7-9-16(12)15(17)5-2/h6-10,19H,4-5H2,1-3H3,(H,20,21)/b14-11+. The lowest BCUT2D eigenvalue weighted by molar-refractivity contribution is -0.132. The van der Waals surface area contributed by atoms with Gasteiger partial charge in [-0.05, 0) is 59.4 Å². The molecule has 0 saturated carbocycles. The quantitative estimate of drug-likeness (QED) is 0.819. The minimum absolute atomic E-state index is 0.241. The SMILES string of the molecule is CC/C(=C(/C)C(=O)O)c1ccc2cc(O)ccc2c1CC. The first-order valence-electron chi connectivity index (χ1n) is 7.17. The molecule has 0 unspecified atom stereocenters. The van der Waals surface area contributed by atoms with E-state index in [1.54, 1.807) is 19.1 Å². The Morgan fingerprint density at radius 3 is 2.43 bits per heavy atom. The van der Waals surface area contributed by atoms with Crippen molar-refractivity contribution >= 4 is 22.3 Å². The van der Waals surface area contributed by atoms with E-state index in [2.05, 4.69) is 6.92 Å². The molecule has 0 aromatic heterocycles. The minimum atomic E-state index is -0.875. The Balaban J connectivity index is 2.78. The van der Waals surface area contributed by atoms with Gasteiger partial charge in [0.05, 0.1) is 0 Å². The van der Waals surface area contributed by atoms with E-state index in [9.17, 15) is 15.0 Å². The predicted molar refractivity (Wildman–Crippen MR) is 85.5 cm³/mol. The molecule has 0 aliphatic carbocycles. The number of phenols is 1. The van der Waals surface area contributed by atoms with Gasteiger partial charge in [-0.1, -0.05) is 32.0 Å². The molecule has 0 aliphatic heterocycles. The first-order valence-corrected chi connectivity index (χ1v) is 7.17. The van der Waals surface area contributed by atoms with Crippen LogP contribution in [0, 0.1) is 0 Å². The van der Waals surface area contributed by atoms with Crippen LogP contribution in [0.5, 0.6) is 5.75 Å². The summed E-state index contributed by atoms with van der Waals surface area (Å²) in [7, 11) is 0. The van der Waals surface area contributed by atoms with E-state index in [-0.39, 0.29) is 5.75 Å². The van der Waals surface area contributed by atoms with Crippen molar-refractivity contribution in [2.24, 2.45) is 0 Å². The normalized spacial score (nSPS) is 12.3. The summed E-state index contributed by atoms with van der Waals surface area (Å²) in [6.45, 7) is 5.69. The summed E-state index contributed by atoms with van der Waals surface area (Å²) in [4.78, 5) is 11.3. The molecule has 2 rings (SSSR count). The van der Waals surface area contributed by atoms with E-state index in [0.29, 0.717) is 12.0 Å². The molecule has 0 saturated heterocycles. The average molecular weight is 284 g/mol. The fraction of sp³-hybridized carbons (Fsp3) is 0.278. The average Bonchev–Trinajstić information content (AvgIpc) is 2.47. The molecule has 0 bridgehead atoms. The molecule has 2 N–H and O–H groups in total. The van der Waals surface area contributed by atoms with Gasteiger partial charge in [-0.3, -0.25) is 0 Å². The van der Waals surface area contributed by atoms with Crippen LogP contribution in [0.25, 0.3) is 16.3 Å². The third kappa shape index (κ3) is 2.77. The van der Waals surface area contributed by atoms with E-state index < -0.39 is 5.97 Å². The van der Waals surface area contributed by atoms with Gasteiger partial charge in [-0.15, -0.1) is 0 Å². The highest BCUT2D eigenvalue weighted by atomic mass is 16.4. The van der Waals surface area contributed by atoms with Crippen molar-refractivity contribution < 1.29 is 15.0 Å². The van der Waals surface area contributed by atoms with Crippen molar-refractivity contribution in [2.75, 3.05) is 0 Å². The first kappa shape index (κ1) is 15.1. The van der Waals surface area contributed by atoms with Gasteiger partial charge in [0.2, 0.25) is 0 Å². The second-order valence-corrected chi connectivity index (χ2v) is 5.11. The maximum absolute atomic E-state index is 11.3. The predicted octanol–water partition coefficient (Wildman–Crippen LogP) is 4.38. The highest BCUT2D eigenvalue weighted by molar-refractivity contribution is 5.99. The van der Waals surface area contributed by atoms with E-state index in [1.807, 2.05) is 25.1 Å². The topological polar surface area (TPSA) is 57.5 Å². The van der Waals surface area contributed by atoms with E-state index >= 15 is 0 Å². The van der Waals surface area contributed by atoms with Crippen LogP contribution in [-0.2, 0) is 11.2 Å². The Bertz CT molecular complexity index is 727. The summed E-state index contributed by atoms with van der Waals surface area (Å²) in [5.74, 6) is -0.634. The number of phenolic OH excluding ortho intramolecular Hbond substituents is 1. The highest BCUT2D eigenvalue weighted by Crippen LogP contribution is 2.32. The van der Waals surface area contributed by atoms with Crippen molar-refractivity contribution in [3.05, 3.63) is 47.0 Å². The lowest BCUT2D eigenvalue weighted by Crippen LogP contribution is -2.03. The second-order valence-electron chi connectivity index (χ2n) is 5.11. The Morgan fingerprint density at radius 2 is 1.86 bits per heavy atom. The summed E-state index contributed by atoms with van der Waals surface area (Å²) in [6.07, 6.45) is 1.49. The maximum Gasteiger partial charge on any atom is 0.331 e. The van der Waals surface area contributed by atoms with Crippen molar-refractivity contribution in [3.8, 4) is 5.75 Å². The number of hydrogen-bond acceptors (Lipinski definition) is 2. The summed E-state index contributed by atoms with van der Waals surface area (Å²) in [6, 6.07) is 9.21. The van der Waals surface area contributed by atoms with Crippen LogP contribution in [0.3, 0.4) is 0 Å². The molecule has 110 valence electrons. The third-order valence-corrected chi connectivity index (χ3v) is 3.92. The number of aryl methyl sites for hydroxylation is 1. The fourth-order valence-electron chi connectivity index (χ4n) is 2.83. The van der Waals surface area contributed by atoms with Crippen molar-refractivity contribution in [2.45, 2.75) is 33.6 Å². The number of carboxylic acid groups (broad SMARTS) is 1. The first-order chi connectivity index (χ1) is 9.99. The van der Waals surface area contributed by atoms with Crippen molar-refractivity contribution in [3.63, 3.8) is 0 Å². The van der Waals surface area contributed by atoms with Gasteiger partial charge >= 0.3 is 5.97 Å². The minimum Gasteiger partial charge on any atom is -0.508 e. The Kier molecular flexibility index (Phi) is 4.32. The molecule has 2 aromatic rings. The van der Waals surface area contributed by atoms with Gasteiger partial charge in [0, 0.05) is 5.57 Å². The molecule has 0 fully saturated rings. The number of hydrogen-bond donors (Lipinski definition) is 2. The molecule has 3 nitrogen and oxygen atoms in total. The molecule has 0 radical (unpaired) electrons. The number of aromatic hydroxyl groups is 1. The zero-order valence-corrected chi connectivity index (χ0v) is 12.6. The Hall–Kier alpha value is -2.29. The molecule has 0 amide bonds. The Morgan fingerprint density at radius 1 is 1.14 bits per heavy atom. The van der Waals surface area contributed by atoms with Crippen LogP contribution in [0.15, 0.2) is 35.9 Å². The van der Waals surface area contributed by atoms with Gasteiger partial charge in [0.15, 0.2) is 0 Å². The lowest BCUT2D eigenvalue weighted by atomic mass is 9.89. The smallest absolute Gasteiger partial charge is 0.331 e. The number of carboxylic acids is 1. The van der Waals surface area contributed by atoms with Crippen LogP contribution in [0.1, 0.15) is 38.3 Å². The molecular formula is C18H20O3.